The number of carboxylic acids is 1. The molecule has 94 valence electrons. The molecule has 6 heteroatoms. The quantitative estimate of drug-likeness (QED) is 0.791. The maximum Gasteiger partial charge on any atom is 0.344 e. The number of rotatable bonds is 6. The van der Waals surface area contributed by atoms with Crippen molar-refractivity contribution in [1.29, 1.82) is 0 Å². The Morgan fingerprint density at radius 3 is 2.24 bits per heavy atom. The second-order valence-corrected chi connectivity index (χ2v) is 5.88. The maximum atomic E-state index is 12.1. The first kappa shape index (κ1) is 13.9. The molecule has 1 N–H and O–H groups in total. The van der Waals surface area contributed by atoms with Gasteiger partial charge in [-0.25, -0.2) is 0 Å². The predicted molar refractivity (Wildman–Crippen MR) is 63.2 cm³/mol. The van der Waals surface area contributed by atoms with E-state index in [9.17, 15) is 9.36 Å². The topological polar surface area (TPSA) is 72.8 Å². The Morgan fingerprint density at radius 2 is 1.82 bits per heavy atom. The average molecular weight is 258 g/mol. The summed E-state index contributed by atoms with van der Waals surface area (Å²) in [5.74, 6) is -1.19. The van der Waals surface area contributed by atoms with Gasteiger partial charge in [-0.15, -0.1) is 0 Å². The summed E-state index contributed by atoms with van der Waals surface area (Å²) < 4.78 is 21.5. The highest BCUT2D eigenvalue weighted by molar-refractivity contribution is 7.55. The second kappa shape index (κ2) is 5.96. The molecule has 0 amide bonds. The van der Waals surface area contributed by atoms with Crippen LogP contribution < -0.4 is 0 Å². The fraction of sp³-hybridized carbons (Fsp3) is 0.364. The fourth-order valence-corrected chi connectivity index (χ4v) is 2.86. The molecule has 0 saturated heterocycles. The molecule has 0 radical (unpaired) electrons. The minimum absolute atomic E-state index is 0.106. The lowest BCUT2D eigenvalue weighted by Gasteiger charge is -2.20. The van der Waals surface area contributed by atoms with E-state index in [-0.39, 0.29) is 6.42 Å². The summed E-state index contributed by atoms with van der Waals surface area (Å²) in [4.78, 5) is 11.1. The summed E-state index contributed by atoms with van der Waals surface area (Å²) in [6.45, 7) is 0. The Kier molecular flexibility index (Phi) is 4.87. The summed E-state index contributed by atoms with van der Waals surface area (Å²) in [6, 6.07) is 8.94. The van der Waals surface area contributed by atoms with Gasteiger partial charge in [-0.2, -0.15) is 0 Å². The van der Waals surface area contributed by atoms with Gasteiger partial charge in [-0.05, 0) is 12.0 Å². The third-order valence-corrected chi connectivity index (χ3v) is 4.63. The van der Waals surface area contributed by atoms with Gasteiger partial charge in [-0.3, -0.25) is 9.36 Å². The zero-order valence-electron chi connectivity index (χ0n) is 9.70. The normalized spacial score (nSPS) is 13.3. The third-order valence-electron chi connectivity index (χ3n) is 2.45. The lowest BCUT2D eigenvalue weighted by molar-refractivity contribution is -0.136. The number of carbonyl (C=O) groups is 1. The van der Waals surface area contributed by atoms with Crippen molar-refractivity contribution in [3.63, 3.8) is 0 Å². The van der Waals surface area contributed by atoms with Crippen LogP contribution in [0.3, 0.4) is 0 Å². The van der Waals surface area contributed by atoms with Crippen LogP contribution in [-0.2, 0) is 24.8 Å². The molecule has 0 saturated carbocycles. The van der Waals surface area contributed by atoms with Crippen LogP contribution in [0.25, 0.3) is 0 Å². The average Bonchev–Trinajstić information content (AvgIpc) is 2.36. The van der Waals surface area contributed by atoms with Gasteiger partial charge in [0.15, 0.2) is 5.66 Å². The van der Waals surface area contributed by atoms with Crippen molar-refractivity contribution in [2.45, 2.75) is 12.1 Å². The molecule has 1 aromatic rings. The number of carboxylic acid groups (broad SMARTS) is 1. The van der Waals surface area contributed by atoms with E-state index in [0.717, 1.165) is 5.56 Å². The van der Waals surface area contributed by atoms with Gasteiger partial charge in [0, 0.05) is 14.2 Å². The van der Waals surface area contributed by atoms with E-state index in [1.807, 2.05) is 6.07 Å². The zero-order valence-corrected chi connectivity index (χ0v) is 10.6. The van der Waals surface area contributed by atoms with Crippen LogP contribution in [0.5, 0.6) is 0 Å². The Morgan fingerprint density at radius 1 is 1.29 bits per heavy atom. The minimum atomic E-state index is -3.61. The molecule has 0 fully saturated rings. The molecule has 17 heavy (non-hydrogen) atoms. The molecule has 1 rings (SSSR count). The number of benzene rings is 1. The van der Waals surface area contributed by atoms with Crippen LogP contribution >= 0.6 is 7.60 Å². The zero-order chi connectivity index (χ0) is 12.9. The van der Waals surface area contributed by atoms with E-state index in [1.54, 1.807) is 24.3 Å². The summed E-state index contributed by atoms with van der Waals surface area (Å²) in [6.07, 6.45) is 0.106. The molecule has 0 aliphatic heterocycles. The maximum absolute atomic E-state index is 12.1. The molecule has 0 bridgehead atoms. The third kappa shape index (κ3) is 3.40. The Labute approximate surface area is 99.9 Å². The summed E-state index contributed by atoms with van der Waals surface area (Å²) in [7, 11) is -1.24. The van der Waals surface area contributed by atoms with Crippen molar-refractivity contribution in [2.24, 2.45) is 0 Å². The lowest BCUT2D eigenvalue weighted by atomic mass is 10.1. The van der Waals surface area contributed by atoms with E-state index < -0.39 is 19.2 Å². The predicted octanol–water partition coefficient (Wildman–Crippen LogP) is 2.17. The fourth-order valence-electron chi connectivity index (χ4n) is 1.50. The van der Waals surface area contributed by atoms with E-state index in [4.69, 9.17) is 14.2 Å². The molecule has 0 aromatic heterocycles. The van der Waals surface area contributed by atoms with E-state index in [0.29, 0.717) is 0 Å². The van der Waals surface area contributed by atoms with Gasteiger partial charge in [0.05, 0.1) is 0 Å². The van der Waals surface area contributed by atoms with Gasteiger partial charge in [0.2, 0.25) is 0 Å². The molecular weight excluding hydrogens is 243 g/mol. The van der Waals surface area contributed by atoms with Crippen LogP contribution in [-0.4, -0.2) is 31.0 Å². The summed E-state index contributed by atoms with van der Waals surface area (Å²) in [5.41, 5.74) is -0.422. The van der Waals surface area contributed by atoms with Crippen LogP contribution in [0, 0.1) is 0 Å². The molecule has 1 atom stereocenters. The van der Waals surface area contributed by atoms with Crippen LogP contribution in [0.15, 0.2) is 30.3 Å². The Hall–Kier alpha value is -1.16. The standard InChI is InChI=1S/C11H15O5P/c1-15-17(14,16-2)10(11(12)13)8-9-6-4-3-5-7-9/h3-7,10H,8H2,1-2H3,(H,12,13)/t10-/m0/s1. The van der Waals surface area contributed by atoms with E-state index >= 15 is 0 Å². The number of hydrogen-bond acceptors (Lipinski definition) is 4. The van der Waals surface area contributed by atoms with E-state index in [1.165, 1.54) is 14.2 Å². The van der Waals surface area contributed by atoms with Gasteiger partial charge in [-0.1, -0.05) is 30.3 Å². The monoisotopic (exact) mass is 258 g/mol. The van der Waals surface area contributed by atoms with Gasteiger partial charge >= 0.3 is 13.6 Å². The van der Waals surface area contributed by atoms with Crippen molar-refractivity contribution < 1.29 is 23.5 Å². The highest BCUT2D eigenvalue weighted by Gasteiger charge is 2.39. The molecule has 0 spiro atoms. The Balaban J connectivity index is 2.96. The molecule has 0 unspecified atom stereocenters. The largest absolute Gasteiger partial charge is 0.481 e. The van der Waals surface area contributed by atoms with Crippen molar-refractivity contribution in [3.05, 3.63) is 35.9 Å². The lowest BCUT2D eigenvalue weighted by Crippen LogP contribution is -2.24. The number of hydrogen-bond donors (Lipinski definition) is 1. The first-order valence-electron chi connectivity index (χ1n) is 5.01. The molecule has 1 aromatic carbocycles. The van der Waals surface area contributed by atoms with Crippen molar-refractivity contribution in [3.8, 4) is 0 Å². The van der Waals surface area contributed by atoms with Crippen LogP contribution in [0.4, 0.5) is 0 Å². The minimum Gasteiger partial charge on any atom is -0.481 e. The molecule has 0 heterocycles. The first-order chi connectivity index (χ1) is 8.03. The first-order valence-corrected chi connectivity index (χ1v) is 6.62. The van der Waals surface area contributed by atoms with E-state index in [2.05, 4.69) is 0 Å². The highest BCUT2D eigenvalue weighted by Crippen LogP contribution is 2.52. The SMILES string of the molecule is COP(=O)(OC)[C@@H](Cc1ccccc1)C(=O)O. The van der Waals surface area contributed by atoms with Gasteiger partial charge < -0.3 is 14.2 Å². The molecule has 5 nitrogen and oxygen atoms in total. The molecule has 0 aliphatic rings. The summed E-state index contributed by atoms with van der Waals surface area (Å²) in [5, 5.41) is 9.10. The van der Waals surface area contributed by atoms with Crippen LogP contribution in [0.1, 0.15) is 5.56 Å². The van der Waals surface area contributed by atoms with Crippen molar-refractivity contribution in [2.75, 3.05) is 14.2 Å². The molecule has 0 aliphatic carbocycles. The summed E-state index contributed by atoms with van der Waals surface area (Å²) >= 11 is 0. The second-order valence-electron chi connectivity index (χ2n) is 3.45. The van der Waals surface area contributed by atoms with Crippen molar-refractivity contribution >= 4 is 13.6 Å². The Bertz CT molecular complexity index is 409. The number of aliphatic carboxylic acids is 1. The van der Waals surface area contributed by atoms with Gasteiger partial charge in [0.1, 0.15) is 0 Å². The smallest absolute Gasteiger partial charge is 0.344 e. The van der Waals surface area contributed by atoms with Crippen molar-refractivity contribution in [1.82, 2.24) is 0 Å². The molecular formula is C11H15O5P. The highest BCUT2D eigenvalue weighted by atomic mass is 31.2. The van der Waals surface area contributed by atoms with Crippen LogP contribution in [0.2, 0.25) is 0 Å². The van der Waals surface area contributed by atoms with Gasteiger partial charge in [0.25, 0.3) is 0 Å².